The number of carbonyl (C=O) groups excluding carboxylic acids is 3. The normalized spacial score (nSPS) is 28.3. The van der Waals surface area contributed by atoms with Crippen LogP contribution in [0, 0.1) is 0 Å². The zero-order valence-corrected chi connectivity index (χ0v) is 21.7. The molecular weight excluding hydrogens is 474 g/mol. The van der Waals surface area contributed by atoms with Crippen molar-refractivity contribution in [1.29, 1.82) is 0 Å². The average molecular weight is 514 g/mol. The lowest BCUT2D eigenvalue weighted by atomic mass is 9.80. The summed E-state index contributed by atoms with van der Waals surface area (Å²) in [6, 6.07) is 7.02. The summed E-state index contributed by atoms with van der Waals surface area (Å²) in [4.78, 5) is 43.6. The number of ether oxygens (including phenoxy) is 2. The van der Waals surface area contributed by atoms with Crippen LogP contribution in [0.1, 0.15) is 66.8 Å². The van der Waals surface area contributed by atoms with Gasteiger partial charge in [-0.2, -0.15) is 0 Å². The second-order valence-corrected chi connectivity index (χ2v) is 11.0. The largest absolute Gasteiger partial charge is 0.388 e. The minimum absolute atomic E-state index is 0.0521. The Hall–Kier alpha value is -2.33. The quantitative estimate of drug-likeness (QED) is 0.569. The van der Waals surface area contributed by atoms with Crippen LogP contribution in [0.2, 0.25) is 0 Å². The predicted molar refractivity (Wildman–Crippen MR) is 136 cm³/mol. The first kappa shape index (κ1) is 26.3. The molecule has 37 heavy (non-hydrogen) atoms. The van der Waals surface area contributed by atoms with Gasteiger partial charge in [-0.15, -0.1) is 0 Å². The van der Waals surface area contributed by atoms with E-state index in [4.69, 9.17) is 9.47 Å². The van der Waals surface area contributed by atoms with Gasteiger partial charge in [-0.1, -0.05) is 31.4 Å². The lowest BCUT2D eigenvalue weighted by molar-refractivity contribution is -0.143. The maximum atomic E-state index is 13.9. The first-order valence-electron chi connectivity index (χ1n) is 13.7. The lowest BCUT2D eigenvalue weighted by Gasteiger charge is -2.40. The van der Waals surface area contributed by atoms with E-state index < -0.39 is 23.8 Å². The van der Waals surface area contributed by atoms with Crippen LogP contribution in [0.5, 0.6) is 0 Å². The summed E-state index contributed by atoms with van der Waals surface area (Å²) < 4.78 is 10.6. The Labute approximate surface area is 218 Å². The molecule has 1 aromatic carbocycles. The third kappa shape index (κ3) is 5.32. The van der Waals surface area contributed by atoms with Crippen molar-refractivity contribution in [3.8, 4) is 0 Å². The highest BCUT2D eigenvalue weighted by Crippen LogP contribution is 2.36. The smallest absolute Gasteiger partial charge is 0.252 e. The molecule has 202 valence electrons. The van der Waals surface area contributed by atoms with Crippen LogP contribution in [-0.4, -0.2) is 103 Å². The van der Waals surface area contributed by atoms with E-state index in [1.54, 1.807) is 7.11 Å². The number of fused-ring (bicyclic) bond motifs is 1. The molecule has 9 heteroatoms. The van der Waals surface area contributed by atoms with Crippen LogP contribution in [0.4, 0.5) is 0 Å². The fraction of sp³-hybridized carbons (Fsp3) is 0.679. The van der Waals surface area contributed by atoms with Crippen molar-refractivity contribution in [2.75, 3.05) is 46.5 Å². The molecule has 2 amide bonds. The number of methoxy groups -OCH3 is 1. The number of aliphatic hydroxyl groups excluding tert-OH is 1. The molecule has 3 atom stereocenters. The summed E-state index contributed by atoms with van der Waals surface area (Å²) >= 11 is 0. The number of amides is 2. The van der Waals surface area contributed by atoms with Gasteiger partial charge in [0.1, 0.15) is 30.4 Å². The Morgan fingerprint density at radius 2 is 1.84 bits per heavy atom. The molecule has 1 saturated carbocycles. The monoisotopic (exact) mass is 513 g/mol. The third-order valence-electron chi connectivity index (χ3n) is 8.73. The van der Waals surface area contributed by atoms with Crippen molar-refractivity contribution in [1.82, 2.24) is 15.1 Å². The fourth-order valence-corrected chi connectivity index (χ4v) is 6.57. The zero-order chi connectivity index (χ0) is 26.0. The number of hydrogen-bond donors (Lipinski definition) is 2. The number of piperidine rings is 1. The van der Waals surface area contributed by atoms with Gasteiger partial charge in [-0.25, -0.2) is 0 Å². The van der Waals surface area contributed by atoms with E-state index in [0.717, 1.165) is 58.3 Å². The molecule has 3 saturated heterocycles. The van der Waals surface area contributed by atoms with E-state index in [0.29, 0.717) is 24.3 Å². The van der Waals surface area contributed by atoms with Crippen molar-refractivity contribution < 1.29 is 29.0 Å². The van der Waals surface area contributed by atoms with Crippen molar-refractivity contribution in [2.24, 2.45) is 0 Å². The van der Waals surface area contributed by atoms with E-state index in [2.05, 4.69) is 10.2 Å². The van der Waals surface area contributed by atoms with Gasteiger partial charge < -0.3 is 29.7 Å². The molecule has 2 N–H and O–H groups in total. The van der Waals surface area contributed by atoms with E-state index in [-0.39, 0.29) is 30.7 Å². The van der Waals surface area contributed by atoms with Crippen molar-refractivity contribution in [3.63, 3.8) is 0 Å². The summed E-state index contributed by atoms with van der Waals surface area (Å²) in [5.74, 6) is -0.264. The summed E-state index contributed by atoms with van der Waals surface area (Å²) in [5, 5.41) is 13.5. The zero-order valence-electron chi connectivity index (χ0n) is 21.7. The van der Waals surface area contributed by atoms with Gasteiger partial charge in [0, 0.05) is 19.2 Å². The van der Waals surface area contributed by atoms with Crippen LogP contribution >= 0.6 is 0 Å². The number of benzene rings is 1. The highest BCUT2D eigenvalue weighted by molar-refractivity contribution is 6.01. The van der Waals surface area contributed by atoms with Gasteiger partial charge in [0.05, 0.1) is 13.2 Å². The van der Waals surface area contributed by atoms with Crippen molar-refractivity contribution >= 4 is 17.6 Å². The first-order chi connectivity index (χ1) is 17.9. The predicted octanol–water partition coefficient (Wildman–Crippen LogP) is 1.48. The van der Waals surface area contributed by atoms with Crippen molar-refractivity contribution in [3.05, 3.63) is 35.4 Å². The van der Waals surface area contributed by atoms with Gasteiger partial charge in [0.25, 0.3) is 5.91 Å². The molecule has 4 aliphatic rings. The number of nitrogens with zero attached hydrogens (tertiary/aromatic N) is 2. The summed E-state index contributed by atoms with van der Waals surface area (Å²) in [6.45, 7) is 3.76. The average Bonchev–Trinajstić information content (AvgIpc) is 3.48. The van der Waals surface area contributed by atoms with E-state index in [9.17, 15) is 19.5 Å². The molecule has 3 aliphatic heterocycles. The molecular formula is C28H39N3O6. The molecule has 0 radical (unpaired) electrons. The van der Waals surface area contributed by atoms with E-state index >= 15 is 0 Å². The lowest BCUT2D eigenvalue weighted by Crippen LogP contribution is -2.62. The highest BCUT2D eigenvalue weighted by atomic mass is 16.5. The van der Waals surface area contributed by atoms with Crippen LogP contribution in [-0.2, 0) is 19.1 Å². The molecule has 5 rings (SSSR count). The molecule has 0 aromatic heterocycles. The summed E-state index contributed by atoms with van der Waals surface area (Å²) in [7, 11) is 1.73. The van der Waals surface area contributed by atoms with Gasteiger partial charge in [-0.05, 0) is 62.4 Å². The van der Waals surface area contributed by atoms with Crippen LogP contribution < -0.4 is 5.32 Å². The Morgan fingerprint density at radius 1 is 1.14 bits per heavy atom. The van der Waals surface area contributed by atoms with Crippen LogP contribution in [0.15, 0.2) is 24.3 Å². The standard InChI is InChI=1S/C28H39N3O6/c1-36-16-15-30-13-9-20(10-14-30)19-5-7-21(8-6-19)26(34)29-28(11-3-2-4-12-28)27(35)31-17-22(32)25-24(31)23(33)18-37-25/h5-8,20,22,24-25,32H,2-4,9-18H2,1H3,(H,29,34)/t22-,24+,25+/m0/s1. The number of β-amino-alcohol motifs (C(OH)–C–C–N with tert-alkyl or cyclic N) is 1. The molecule has 1 aliphatic carbocycles. The Bertz CT molecular complexity index is 984. The maximum absolute atomic E-state index is 13.9. The number of carbonyl (C=O) groups is 3. The highest BCUT2D eigenvalue weighted by Gasteiger charge is 2.55. The molecule has 0 unspecified atom stereocenters. The third-order valence-corrected chi connectivity index (χ3v) is 8.73. The van der Waals surface area contributed by atoms with Gasteiger partial charge in [0.2, 0.25) is 5.91 Å². The first-order valence-corrected chi connectivity index (χ1v) is 13.7. The van der Waals surface area contributed by atoms with Gasteiger partial charge >= 0.3 is 0 Å². The number of rotatable bonds is 7. The Balaban J connectivity index is 1.26. The molecule has 4 fully saturated rings. The number of Topliss-reactive ketones (excluding diaryl/α,β-unsaturated/α-hetero) is 1. The summed E-state index contributed by atoms with van der Waals surface area (Å²) in [5.41, 5.74) is 0.697. The number of aliphatic hydroxyl groups is 1. The molecule has 9 nitrogen and oxygen atoms in total. The number of hydrogen-bond acceptors (Lipinski definition) is 7. The minimum Gasteiger partial charge on any atom is -0.388 e. The number of nitrogens with one attached hydrogen (secondary N) is 1. The second-order valence-electron chi connectivity index (χ2n) is 11.0. The molecule has 1 aromatic rings. The molecule has 3 heterocycles. The van der Waals surface area contributed by atoms with Crippen LogP contribution in [0.25, 0.3) is 0 Å². The van der Waals surface area contributed by atoms with Crippen molar-refractivity contribution in [2.45, 2.75) is 74.7 Å². The van der Waals surface area contributed by atoms with E-state index in [1.807, 2.05) is 24.3 Å². The summed E-state index contributed by atoms with van der Waals surface area (Å²) in [6.07, 6.45) is 4.29. The van der Waals surface area contributed by atoms with Gasteiger partial charge in [-0.3, -0.25) is 14.4 Å². The van der Waals surface area contributed by atoms with Crippen LogP contribution in [0.3, 0.4) is 0 Å². The second kappa shape index (κ2) is 11.2. The minimum atomic E-state index is -1.07. The van der Waals surface area contributed by atoms with Gasteiger partial charge in [0.15, 0.2) is 5.78 Å². The fourth-order valence-electron chi connectivity index (χ4n) is 6.57. The topological polar surface area (TPSA) is 108 Å². The SMILES string of the molecule is COCCN1CCC(c2ccc(C(=O)NC3(C(=O)N4C[C@H](O)[C@H]5OCC(=O)[C@H]54)CCCCC3)cc2)CC1. The molecule has 0 bridgehead atoms. The Morgan fingerprint density at radius 3 is 2.51 bits per heavy atom. The van der Waals surface area contributed by atoms with E-state index in [1.165, 1.54) is 10.5 Å². The number of ketones is 1. The molecule has 0 spiro atoms. The Kier molecular flexibility index (Phi) is 7.95. The number of likely N-dealkylation sites (tertiary alicyclic amines) is 2. The maximum Gasteiger partial charge on any atom is 0.252 e.